The summed E-state index contributed by atoms with van der Waals surface area (Å²) in [6.07, 6.45) is -0.669. The molecule has 2 saturated heterocycles. The zero-order valence-corrected chi connectivity index (χ0v) is 13.5. The van der Waals surface area contributed by atoms with Crippen molar-refractivity contribution in [1.29, 1.82) is 0 Å². The predicted octanol–water partition coefficient (Wildman–Crippen LogP) is 0.0566. The lowest BCUT2D eigenvalue weighted by molar-refractivity contribution is -0.323. The highest BCUT2D eigenvalue weighted by Gasteiger charge is 2.52. The summed E-state index contributed by atoms with van der Waals surface area (Å²) in [6, 6.07) is -0.731. The first kappa shape index (κ1) is 16.9. The molecule has 8 heteroatoms. The first-order chi connectivity index (χ1) is 9.86. The fourth-order valence-corrected chi connectivity index (χ4v) is 3.15. The van der Waals surface area contributed by atoms with Gasteiger partial charge in [-0.3, -0.25) is 19.7 Å². The number of carbonyl (C=O) groups is 3. The Hall–Kier alpha value is -1.51. The Kier molecular flexibility index (Phi) is 3.83. The first-order valence-corrected chi connectivity index (χ1v) is 7.19. The summed E-state index contributed by atoms with van der Waals surface area (Å²) in [5, 5.41) is 16.3. The zero-order chi connectivity index (χ0) is 16.9. The fraction of sp³-hybridized carbons (Fsp3) is 0.786. The van der Waals surface area contributed by atoms with E-state index in [4.69, 9.17) is 4.84 Å². The largest absolute Gasteiger partial charge is 0.376 e. The molecule has 0 aliphatic carbocycles. The monoisotopic (exact) mass is 313 g/mol. The van der Waals surface area contributed by atoms with Crippen molar-refractivity contribution in [3.05, 3.63) is 0 Å². The van der Waals surface area contributed by atoms with Gasteiger partial charge in [0.1, 0.15) is 5.78 Å². The van der Waals surface area contributed by atoms with Crippen molar-refractivity contribution in [2.24, 2.45) is 0 Å². The second-order valence-electron chi connectivity index (χ2n) is 7.37. The quantitative estimate of drug-likeness (QED) is 0.665. The Morgan fingerprint density at radius 2 is 1.59 bits per heavy atom. The van der Waals surface area contributed by atoms with Gasteiger partial charge in [0.15, 0.2) is 11.8 Å². The second kappa shape index (κ2) is 5.00. The second-order valence-corrected chi connectivity index (χ2v) is 7.37. The van der Waals surface area contributed by atoms with Crippen LogP contribution in [-0.2, 0) is 14.4 Å². The third-order valence-corrected chi connectivity index (χ3v) is 4.03. The van der Waals surface area contributed by atoms with E-state index >= 15 is 0 Å². The molecule has 0 aromatic carbocycles. The molecule has 3 N–H and O–H groups in total. The summed E-state index contributed by atoms with van der Waals surface area (Å²) in [7, 11) is 0. The number of hydrogen-bond acceptors (Lipinski definition) is 6. The normalized spacial score (nSPS) is 35.0. The lowest BCUT2D eigenvalue weighted by Gasteiger charge is -2.52. The number of rotatable bonds is 2. The van der Waals surface area contributed by atoms with Crippen LogP contribution in [0, 0.1) is 0 Å². The van der Waals surface area contributed by atoms with Crippen LogP contribution >= 0.6 is 0 Å². The van der Waals surface area contributed by atoms with E-state index in [2.05, 4.69) is 5.32 Å². The number of urea groups is 1. The summed E-state index contributed by atoms with van der Waals surface area (Å²) in [5.41, 5.74) is -3.18. The molecule has 0 spiro atoms. The Labute approximate surface area is 129 Å². The lowest BCUT2D eigenvalue weighted by Crippen LogP contribution is -2.72. The summed E-state index contributed by atoms with van der Waals surface area (Å²) in [6.45, 7) is 8.62. The van der Waals surface area contributed by atoms with Gasteiger partial charge in [0.25, 0.3) is 5.91 Å². The molecule has 0 saturated carbocycles. The van der Waals surface area contributed by atoms with Gasteiger partial charge < -0.3 is 10.4 Å². The molecular formula is C14H23N3O5. The fourth-order valence-electron chi connectivity index (χ4n) is 3.15. The zero-order valence-electron chi connectivity index (χ0n) is 13.5. The number of hydrogen-bond donors (Lipinski definition) is 3. The number of ketones is 1. The minimum absolute atomic E-state index is 0.118. The lowest BCUT2D eigenvalue weighted by atomic mass is 9.81. The molecule has 2 aliphatic heterocycles. The third-order valence-electron chi connectivity index (χ3n) is 4.03. The van der Waals surface area contributed by atoms with E-state index in [9.17, 15) is 19.5 Å². The maximum atomic E-state index is 11.9. The average Bonchev–Trinajstić information content (AvgIpc) is 2.28. The van der Waals surface area contributed by atoms with E-state index in [0.29, 0.717) is 0 Å². The van der Waals surface area contributed by atoms with Crippen LogP contribution < -0.4 is 10.6 Å². The van der Waals surface area contributed by atoms with E-state index < -0.39 is 34.8 Å². The van der Waals surface area contributed by atoms with Gasteiger partial charge >= 0.3 is 6.03 Å². The van der Waals surface area contributed by atoms with E-state index in [0.717, 1.165) is 0 Å². The van der Waals surface area contributed by atoms with Crippen LogP contribution in [0.2, 0.25) is 0 Å². The van der Waals surface area contributed by atoms with E-state index in [-0.39, 0.29) is 18.6 Å². The van der Waals surface area contributed by atoms with Gasteiger partial charge in [-0.1, -0.05) is 0 Å². The number of Topliss-reactive ketones (excluding diaryl/α,β-unsaturated/α-hetero) is 1. The maximum Gasteiger partial charge on any atom is 0.323 e. The Morgan fingerprint density at radius 3 is 2.09 bits per heavy atom. The van der Waals surface area contributed by atoms with Crippen molar-refractivity contribution >= 4 is 17.7 Å². The molecule has 8 nitrogen and oxygen atoms in total. The van der Waals surface area contributed by atoms with Crippen LogP contribution in [0.15, 0.2) is 0 Å². The highest BCUT2D eigenvalue weighted by molar-refractivity contribution is 6.01. The molecule has 124 valence electrons. The Balaban J connectivity index is 2.28. The van der Waals surface area contributed by atoms with Crippen LogP contribution in [-0.4, -0.2) is 50.8 Å². The van der Waals surface area contributed by atoms with Crippen LogP contribution in [0.4, 0.5) is 4.79 Å². The number of nitrogens with zero attached hydrogens (tertiary/aromatic N) is 1. The molecule has 2 unspecified atom stereocenters. The number of carbonyl (C=O) groups excluding carboxylic acids is 3. The van der Waals surface area contributed by atoms with Crippen LogP contribution in [0.1, 0.15) is 47.5 Å². The molecule has 0 bridgehead atoms. The van der Waals surface area contributed by atoms with E-state index in [1.54, 1.807) is 5.06 Å². The first-order valence-electron chi connectivity index (χ1n) is 7.19. The molecule has 2 fully saturated rings. The summed E-state index contributed by atoms with van der Waals surface area (Å²) < 4.78 is 0. The molecule has 22 heavy (non-hydrogen) atoms. The van der Waals surface area contributed by atoms with Gasteiger partial charge in [0.05, 0.1) is 0 Å². The molecule has 0 aromatic heterocycles. The van der Waals surface area contributed by atoms with Crippen molar-refractivity contribution in [2.75, 3.05) is 0 Å². The minimum atomic E-state index is -1.92. The van der Waals surface area contributed by atoms with Crippen LogP contribution in [0.5, 0.6) is 0 Å². The molecule has 0 radical (unpaired) electrons. The molecule has 2 rings (SSSR count). The van der Waals surface area contributed by atoms with Crippen LogP contribution in [0.3, 0.4) is 0 Å². The van der Waals surface area contributed by atoms with E-state index in [1.807, 2.05) is 33.0 Å². The maximum absolute atomic E-state index is 11.9. The highest BCUT2D eigenvalue weighted by Crippen LogP contribution is 2.38. The molecule has 2 atom stereocenters. The van der Waals surface area contributed by atoms with Gasteiger partial charge in [-0.15, -0.1) is 0 Å². The van der Waals surface area contributed by atoms with Gasteiger partial charge in [0, 0.05) is 23.9 Å². The van der Waals surface area contributed by atoms with Gasteiger partial charge in [-0.05, 0) is 34.6 Å². The SMILES string of the molecule is CC1(O)C(=O)NC(=O)NC1ON1C(C)(C)CC(=O)CC1(C)C. The Morgan fingerprint density at radius 1 is 1.09 bits per heavy atom. The molecule has 0 aromatic rings. The molecule has 3 amide bonds. The standard InChI is InChI=1S/C14H23N3O5/c1-12(2)6-8(18)7-13(3,4)17(12)22-10-14(5,21)9(19)15-11(20)16-10/h10,21H,6-7H2,1-5H3,(H2,15,16,19,20). The number of piperidine rings is 1. The third kappa shape index (κ3) is 2.86. The number of imide groups is 1. The average molecular weight is 313 g/mol. The smallest absolute Gasteiger partial charge is 0.323 e. The molecular weight excluding hydrogens is 290 g/mol. The number of hydroxylamine groups is 2. The van der Waals surface area contributed by atoms with Crippen molar-refractivity contribution in [2.45, 2.75) is 70.4 Å². The summed E-state index contributed by atoms with van der Waals surface area (Å²) >= 11 is 0. The summed E-state index contributed by atoms with van der Waals surface area (Å²) in [5.74, 6) is -0.711. The van der Waals surface area contributed by atoms with Crippen LogP contribution in [0.25, 0.3) is 0 Å². The minimum Gasteiger partial charge on any atom is -0.376 e. The topological polar surface area (TPSA) is 108 Å². The van der Waals surface area contributed by atoms with Gasteiger partial charge in [-0.25, -0.2) is 4.79 Å². The number of nitrogens with one attached hydrogen (secondary N) is 2. The molecule has 2 heterocycles. The van der Waals surface area contributed by atoms with Gasteiger partial charge in [-0.2, -0.15) is 5.06 Å². The van der Waals surface area contributed by atoms with Crippen molar-refractivity contribution in [3.8, 4) is 0 Å². The van der Waals surface area contributed by atoms with E-state index in [1.165, 1.54) is 6.92 Å². The predicted molar refractivity (Wildman–Crippen MR) is 76.4 cm³/mol. The highest BCUT2D eigenvalue weighted by atomic mass is 16.7. The Bertz CT molecular complexity index is 507. The molecule has 2 aliphatic rings. The van der Waals surface area contributed by atoms with Crippen molar-refractivity contribution < 1.29 is 24.3 Å². The van der Waals surface area contributed by atoms with Crippen molar-refractivity contribution in [1.82, 2.24) is 15.7 Å². The van der Waals surface area contributed by atoms with Gasteiger partial charge in [0.2, 0.25) is 0 Å². The van der Waals surface area contributed by atoms with Crippen molar-refractivity contribution in [3.63, 3.8) is 0 Å². The number of aliphatic hydroxyl groups is 1. The summed E-state index contributed by atoms with van der Waals surface area (Å²) in [4.78, 5) is 41.0. The number of amides is 3.